The third-order valence-corrected chi connectivity index (χ3v) is 2.34. The van der Waals surface area contributed by atoms with Crippen LogP contribution in [0.2, 0.25) is 0 Å². The molecule has 3 N–H and O–H groups in total. The second-order valence-corrected chi connectivity index (χ2v) is 4.08. The molecule has 0 bridgehead atoms. The summed E-state index contributed by atoms with van der Waals surface area (Å²) in [5, 5.41) is 2.28. The Balaban J connectivity index is 0.000000335. The highest BCUT2D eigenvalue weighted by atomic mass is 16.5. The zero-order valence-electron chi connectivity index (χ0n) is 12.4. The van der Waals surface area contributed by atoms with E-state index in [1.165, 1.54) is 6.07 Å². The Morgan fingerprint density at radius 2 is 1.91 bits per heavy atom. The van der Waals surface area contributed by atoms with Gasteiger partial charge in [-0.05, 0) is 38.1 Å². The van der Waals surface area contributed by atoms with Gasteiger partial charge in [-0.2, -0.15) is 0 Å². The van der Waals surface area contributed by atoms with E-state index in [1.54, 1.807) is 32.3 Å². The first-order chi connectivity index (χ1) is 10.5. The number of pyridine rings is 2. The lowest BCUT2D eigenvalue weighted by molar-refractivity contribution is 0.0527. The van der Waals surface area contributed by atoms with Gasteiger partial charge in [0.2, 0.25) is 0 Å². The van der Waals surface area contributed by atoms with E-state index >= 15 is 0 Å². The van der Waals surface area contributed by atoms with Crippen LogP contribution in [0.25, 0.3) is 0 Å². The maximum absolute atomic E-state index is 11.5. The van der Waals surface area contributed by atoms with Gasteiger partial charge in [-0.3, -0.25) is 10.3 Å². The van der Waals surface area contributed by atoms with Crippen LogP contribution in [0, 0.1) is 6.92 Å². The van der Waals surface area contributed by atoms with Crippen LogP contribution in [0.3, 0.4) is 0 Å². The number of aryl methyl sites for hydroxylation is 1. The van der Waals surface area contributed by atoms with Crippen LogP contribution in [0.5, 0.6) is 0 Å². The quantitative estimate of drug-likeness (QED) is 0.845. The van der Waals surface area contributed by atoms with Crippen molar-refractivity contribution in [3.8, 4) is 0 Å². The van der Waals surface area contributed by atoms with Crippen molar-refractivity contribution in [3.05, 3.63) is 54.0 Å². The fourth-order valence-corrected chi connectivity index (χ4v) is 1.45. The predicted octanol–water partition coefficient (Wildman–Crippen LogP) is 2.14. The molecular weight excluding hydrogens is 284 g/mol. The largest absolute Gasteiger partial charge is 0.462 e. The first kappa shape index (κ1) is 17.1. The van der Waals surface area contributed by atoms with Crippen molar-refractivity contribution in [2.45, 2.75) is 13.8 Å². The van der Waals surface area contributed by atoms with Crippen molar-refractivity contribution in [1.29, 1.82) is 0 Å². The lowest BCUT2D eigenvalue weighted by Crippen LogP contribution is -2.22. The summed E-state index contributed by atoms with van der Waals surface area (Å²) >= 11 is 0. The fraction of sp³-hybridized carbons (Fsp3) is 0.200. The zero-order chi connectivity index (χ0) is 16.4. The molecule has 2 aromatic rings. The summed E-state index contributed by atoms with van der Waals surface area (Å²) in [6.07, 6.45) is 3.50. The molecule has 2 rings (SSSR count). The van der Waals surface area contributed by atoms with E-state index in [9.17, 15) is 9.59 Å². The van der Waals surface area contributed by atoms with Gasteiger partial charge in [0.05, 0.1) is 6.61 Å². The van der Waals surface area contributed by atoms with Crippen LogP contribution >= 0.6 is 0 Å². The summed E-state index contributed by atoms with van der Waals surface area (Å²) in [5.74, 6) is -0.426. The highest BCUT2D eigenvalue weighted by molar-refractivity contribution is 5.99. The lowest BCUT2D eigenvalue weighted by atomic mass is 10.2. The molecule has 0 aliphatic heterocycles. The van der Waals surface area contributed by atoms with Crippen molar-refractivity contribution >= 4 is 17.8 Å². The molecule has 7 heteroatoms. The number of carbonyl (C=O) groups excluding carboxylic acids is 2. The minimum Gasteiger partial charge on any atom is -0.462 e. The molecule has 2 heterocycles. The number of nitrogens with two attached hydrogens (primary N) is 1. The van der Waals surface area contributed by atoms with Crippen molar-refractivity contribution in [3.63, 3.8) is 0 Å². The molecule has 116 valence electrons. The van der Waals surface area contributed by atoms with E-state index in [2.05, 4.69) is 15.3 Å². The van der Waals surface area contributed by atoms with E-state index in [4.69, 9.17) is 10.5 Å². The van der Waals surface area contributed by atoms with Gasteiger partial charge >= 0.3 is 12.0 Å². The van der Waals surface area contributed by atoms with E-state index in [-0.39, 0.29) is 18.0 Å². The second-order valence-electron chi connectivity index (χ2n) is 4.08. The molecule has 22 heavy (non-hydrogen) atoms. The number of hydrogen-bond donors (Lipinski definition) is 2. The number of amides is 2. The third-order valence-electron chi connectivity index (χ3n) is 2.34. The summed E-state index contributed by atoms with van der Waals surface area (Å²) in [7, 11) is 0. The van der Waals surface area contributed by atoms with Crippen LogP contribution in [-0.2, 0) is 4.74 Å². The number of nitrogens with one attached hydrogen (secondary N) is 1. The number of anilines is 1. The predicted molar refractivity (Wildman–Crippen MR) is 82.4 cm³/mol. The number of rotatable bonds is 3. The van der Waals surface area contributed by atoms with E-state index in [1.807, 2.05) is 18.2 Å². The molecule has 0 atom stereocenters. The minimum atomic E-state index is -0.774. The number of ether oxygens (including phenoxy) is 1. The highest BCUT2D eigenvalue weighted by Crippen LogP contribution is 2.14. The summed E-state index contributed by atoms with van der Waals surface area (Å²) in [5.41, 5.74) is 5.83. The Morgan fingerprint density at radius 1 is 1.23 bits per heavy atom. The van der Waals surface area contributed by atoms with Crippen LogP contribution < -0.4 is 11.1 Å². The SMILES string of the molecule is CCOC(=O)c1ccc(C)nc1NC(N)=O.c1ccncc1. The summed E-state index contributed by atoms with van der Waals surface area (Å²) in [4.78, 5) is 30.0. The van der Waals surface area contributed by atoms with Crippen LogP contribution in [0.15, 0.2) is 42.7 Å². The van der Waals surface area contributed by atoms with Gasteiger partial charge in [-0.25, -0.2) is 14.6 Å². The normalized spacial score (nSPS) is 9.18. The third kappa shape index (κ3) is 6.00. The average Bonchev–Trinajstić information content (AvgIpc) is 2.49. The molecule has 0 aliphatic rings. The van der Waals surface area contributed by atoms with Gasteiger partial charge in [0.1, 0.15) is 11.4 Å². The Labute approximate surface area is 128 Å². The Kier molecular flexibility index (Phi) is 7.04. The number of aromatic nitrogens is 2. The van der Waals surface area contributed by atoms with Gasteiger partial charge in [0.15, 0.2) is 0 Å². The maximum Gasteiger partial charge on any atom is 0.341 e. The molecular formula is C15H18N4O3. The number of urea groups is 1. The highest BCUT2D eigenvalue weighted by Gasteiger charge is 2.14. The fourth-order valence-electron chi connectivity index (χ4n) is 1.45. The van der Waals surface area contributed by atoms with Crippen LogP contribution in [0.1, 0.15) is 23.0 Å². The zero-order valence-corrected chi connectivity index (χ0v) is 12.4. The number of carbonyl (C=O) groups is 2. The van der Waals surface area contributed by atoms with E-state index < -0.39 is 12.0 Å². The van der Waals surface area contributed by atoms with Gasteiger partial charge in [-0.15, -0.1) is 0 Å². The molecule has 0 radical (unpaired) electrons. The molecule has 0 aliphatic carbocycles. The van der Waals surface area contributed by atoms with Crippen molar-refractivity contribution in [2.75, 3.05) is 11.9 Å². The summed E-state index contributed by atoms with van der Waals surface area (Å²) < 4.78 is 4.82. The van der Waals surface area contributed by atoms with Crippen LogP contribution in [-0.4, -0.2) is 28.6 Å². The Morgan fingerprint density at radius 3 is 2.36 bits per heavy atom. The average molecular weight is 302 g/mol. The van der Waals surface area contributed by atoms with E-state index in [0.29, 0.717) is 5.69 Å². The van der Waals surface area contributed by atoms with Crippen molar-refractivity contribution in [2.24, 2.45) is 5.73 Å². The Hall–Kier alpha value is -2.96. The molecule has 2 amide bonds. The molecule has 0 saturated heterocycles. The van der Waals surface area contributed by atoms with Crippen LogP contribution in [0.4, 0.5) is 10.6 Å². The molecule has 0 aromatic carbocycles. The molecule has 7 nitrogen and oxygen atoms in total. The van der Waals surface area contributed by atoms with Gasteiger partial charge < -0.3 is 10.5 Å². The smallest absolute Gasteiger partial charge is 0.341 e. The van der Waals surface area contributed by atoms with Gasteiger partial charge in [0.25, 0.3) is 0 Å². The second kappa shape index (κ2) is 9.06. The number of primary amides is 1. The minimum absolute atomic E-state index is 0.117. The van der Waals surface area contributed by atoms with Crippen molar-refractivity contribution < 1.29 is 14.3 Å². The maximum atomic E-state index is 11.5. The van der Waals surface area contributed by atoms with E-state index in [0.717, 1.165) is 0 Å². The Bertz CT molecular complexity index is 591. The molecule has 2 aromatic heterocycles. The summed E-state index contributed by atoms with van der Waals surface area (Å²) in [6.45, 7) is 3.69. The lowest BCUT2D eigenvalue weighted by Gasteiger charge is -2.08. The number of esters is 1. The molecule has 0 spiro atoms. The van der Waals surface area contributed by atoms with Crippen molar-refractivity contribution in [1.82, 2.24) is 9.97 Å². The first-order valence-electron chi connectivity index (χ1n) is 6.60. The topological polar surface area (TPSA) is 107 Å². The first-order valence-corrected chi connectivity index (χ1v) is 6.60. The standard InChI is InChI=1S/C10H13N3O3.C5H5N/c1-3-16-9(14)7-5-4-6(2)12-8(7)13-10(11)15;1-2-4-6-5-3-1/h4-5H,3H2,1-2H3,(H3,11,12,13,15);1-5H. The van der Waals surface area contributed by atoms with Gasteiger partial charge in [-0.1, -0.05) is 6.07 Å². The van der Waals surface area contributed by atoms with Gasteiger partial charge in [0, 0.05) is 18.1 Å². The molecule has 0 saturated carbocycles. The number of nitrogens with zero attached hydrogens (tertiary/aromatic N) is 2. The molecule has 0 fully saturated rings. The summed E-state index contributed by atoms with van der Waals surface area (Å²) in [6, 6.07) is 8.13. The number of hydrogen-bond acceptors (Lipinski definition) is 5. The molecule has 0 unspecified atom stereocenters. The monoisotopic (exact) mass is 302 g/mol.